The van der Waals surface area contributed by atoms with E-state index in [1.807, 2.05) is 32.0 Å². The van der Waals surface area contributed by atoms with E-state index in [1.165, 1.54) is 6.07 Å². The average Bonchev–Trinajstić information content (AvgIpc) is 2.29. The lowest BCUT2D eigenvalue weighted by Crippen LogP contribution is -2.04. The van der Waals surface area contributed by atoms with Gasteiger partial charge < -0.3 is 5.11 Å². The number of rotatable bonds is 2. The summed E-state index contributed by atoms with van der Waals surface area (Å²) in [5, 5.41) is 10.2. The van der Waals surface area contributed by atoms with Gasteiger partial charge in [0.05, 0.1) is 0 Å². The molecule has 0 fully saturated rings. The molecule has 0 aliphatic heterocycles. The van der Waals surface area contributed by atoms with E-state index < -0.39 is 6.10 Å². The Morgan fingerprint density at radius 1 is 1.00 bits per heavy atom. The summed E-state index contributed by atoms with van der Waals surface area (Å²) < 4.78 is 13.6. The van der Waals surface area contributed by atoms with Crippen molar-refractivity contribution >= 4 is 0 Å². The molecule has 2 aromatic rings. The summed E-state index contributed by atoms with van der Waals surface area (Å²) in [4.78, 5) is 0. The maximum atomic E-state index is 13.6. The van der Waals surface area contributed by atoms with Gasteiger partial charge in [0.1, 0.15) is 11.9 Å². The summed E-state index contributed by atoms with van der Waals surface area (Å²) in [6.07, 6.45) is -0.906. The van der Waals surface area contributed by atoms with Crippen molar-refractivity contribution in [3.05, 3.63) is 70.5 Å². The van der Waals surface area contributed by atoms with Crippen LogP contribution in [-0.2, 0) is 0 Å². The van der Waals surface area contributed by atoms with Gasteiger partial charge in [-0.3, -0.25) is 0 Å². The van der Waals surface area contributed by atoms with E-state index in [0.29, 0.717) is 5.56 Å². The second-order valence-corrected chi connectivity index (χ2v) is 4.28. The lowest BCUT2D eigenvalue weighted by atomic mass is 9.96. The third-order valence-corrected chi connectivity index (χ3v) is 2.92. The monoisotopic (exact) mass is 230 g/mol. The number of hydrogen-bond donors (Lipinski definition) is 1. The molecule has 17 heavy (non-hydrogen) atoms. The largest absolute Gasteiger partial charge is 0.384 e. The van der Waals surface area contributed by atoms with Gasteiger partial charge in [-0.2, -0.15) is 0 Å². The van der Waals surface area contributed by atoms with Crippen LogP contribution >= 0.6 is 0 Å². The summed E-state index contributed by atoms with van der Waals surface area (Å²) in [6.45, 7) is 3.92. The van der Waals surface area contributed by atoms with E-state index in [-0.39, 0.29) is 5.82 Å². The highest BCUT2D eigenvalue weighted by molar-refractivity contribution is 5.37. The maximum Gasteiger partial charge on any atom is 0.129 e. The van der Waals surface area contributed by atoms with Crippen molar-refractivity contribution in [3.8, 4) is 0 Å². The minimum atomic E-state index is -0.906. The first-order valence-electron chi connectivity index (χ1n) is 5.59. The van der Waals surface area contributed by atoms with Gasteiger partial charge in [-0.25, -0.2) is 4.39 Å². The van der Waals surface area contributed by atoms with Gasteiger partial charge in [0.25, 0.3) is 0 Å². The lowest BCUT2D eigenvalue weighted by Gasteiger charge is -2.15. The van der Waals surface area contributed by atoms with E-state index in [9.17, 15) is 9.50 Å². The number of aliphatic hydroxyl groups excluding tert-OH is 1. The number of benzene rings is 2. The Bertz CT molecular complexity index is 534. The van der Waals surface area contributed by atoms with Crippen molar-refractivity contribution in [1.29, 1.82) is 0 Å². The molecule has 0 radical (unpaired) electrons. The molecule has 0 saturated carbocycles. The highest BCUT2D eigenvalue weighted by Gasteiger charge is 2.16. The molecular weight excluding hydrogens is 215 g/mol. The van der Waals surface area contributed by atoms with E-state index in [2.05, 4.69) is 0 Å². The fourth-order valence-electron chi connectivity index (χ4n) is 2.00. The second kappa shape index (κ2) is 4.68. The van der Waals surface area contributed by atoms with Gasteiger partial charge in [0.2, 0.25) is 0 Å². The SMILES string of the molecule is Cc1ccc([C@H](O)c2ccccc2F)c(C)c1. The molecule has 0 aliphatic carbocycles. The number of hydrogen-bond acceptors (Lipinski definition) is 1. The first-order chi connectivity index (χ1) is 8.09. The van der Waals surface area contributed by atoms with E-state index in [1.54, 1.807) is 18.2 Å². The number of aliphatic hydroxyl groups is 1. The molecule has 0 heterocycles. The second-order valence-electron chi connectivity index (χ2n) is 4.28. The molecule has 1 N–H and O–H groups in total. The molecule has 1 nitrogen and oxygen atoms in total. The highest BCUT2D eigenvalue weighted by atomic mass is 19.1. The smallest absolute Gasteiger partial charge is 0.129 e. The topological polar surface area (TPSA) is 20.2 Å². The molecule has 0 unspecified atom stereocenters. The Balaban J connectivity index is 2.44. The van der Waals surface area contributed by atoms with Gasteiger partial charge in [0, 0.05) is 5.56 Å². The number of halogens is 1. The van der Waals surface area contributed by atoms with Crippen LogP contribution in [0.1, 0.15) is 28.4 Å². The normalized spacial score (nSPS) is 12.5. The van der Waals surface area contributed by atoms with Gasteiger partial charge >= 0.3 is 0 Å². The third-order valence-electron chi connectivity index (χ3n) is 2.92. The Morgan fingerprint density at radius 2 is 1.71 bits per heavy atom. The van der Waals surface area contributed by atoms with Crippen LogP contribution in [0, 0.1) is 19.7 Å². The highest BCUT2D eigenvalue weighted by Crippen LogP contribution is 2.26. The molecule has 0 aromatic heterocycles. The molecule has 2 rings (SSSR count). The van der Waals surface area contributed by atoms with E-state index >= 15 is 0 Å². The minimum Gasteiger partial charge on any atom is -0.384 e. The van der Waals surface area contributed by atoms with Crippen molar-refractivity contribution in [2.45, 2.75) is 20.0 Å². The molecule has 2 heteroatoms. The predicted octanol–water partition coefficient (Wildman–Crippen LogP) is 3.52. The van der Waals surface area contributed by atoms with Crippen LogP contribution in [0.5, 0.6) is 0 Å². The Labute approximate surface area is 101 Å². The Morgan fingerprint density at radius 3 is 2.35 bits per heavy atom. The predicted molar refractivity (Wildman–Crippen MR) is 66.4 cm³/mol. The molecule has 0 aliphatic rings. The average molecular weight is 230 g/mol. The molecule has 0 bridgehead atoms. The molecule has 0 saturated heterocycles. The molecule has 0 amide bonds. The van der Waals surface area contributed by atoms with Crippen molar-refractivity contribution in [2.24, 2.45) is 0 Å². The molecule has 1 atom stereocenters. The Kier molecular flexibility index (Phi) is 3.25. The van der Waals surface area contributed by atoms with Crippen LogP contribution in [0.3, 0.4) is 0 Å². The summed E-state index contributed by atoms with van der Waals surface area (Å²) in [5.41, 5.74) is 3.17. The third kappa shape index (κ3) is 2.37. The molecule has 2 aromatic carbocycles. The zero-order valence-electron chi connectivity index (χ0n) is 9.94. The zero-order chi connectivity index (χ0) is 12.4. The van der Waals surface area contributed by atoms with Crippen molar-refractivity contribution in [2.75, 3.05) is 0 Å². The van der Waals surface area contributed by atoms with Crippen LogP contribution in [0.4, 0.5) is 4.39 Å². The maximum absolute atomic E-state index is 13.6. The quantitative estimate of drug-likeness (QED) is 0.836. The molecular formula is C15H15FO. The van der Waals surface area contributed by atoms with Crippen LogP contribution in [0.2, 0.25) is 0 Å². The van der Waals surface area contributed by atoms with E-state index in [0.717, 1.165) is 16.7 Å². The first-order valence-corrected chi connectivity index (χ1v) is 5.59. The standard InChI is InChI=1S/C15H15FO/c1-10-7-8-12(11(2)9-10)15(17)13-5-3-4-6-14(13)16/h3-9,15,17H,1-2H3/t15-/m0/s1. The first kappa shape index (κ1) is 11.8. The van der Waals surface area contributed by atoms with E-state index in [4.69, 9.17) is 0 Å². The summed E-state index contributed by atoms with van der Waals surface area (Å²) >= 11 is 0. The zero-order valence-corrected chi connectivity index (χ0v) is 9.94. The lowest BCUT2D eigenvalue weighted by molar-refractivity contribution is 0.214. The van der Waals surface area contributed by atoms with Gasteiger partial charge in [-0.05, 0) is 31.0 Å². The summed E-state index contributed by atoms with van der Waals surface area (Å²) in [6, 6.07) is 12.1. The van der Waals surface area contributed by atoms with Crippen LogP contribution in [0.15, 0.2) is 42.5 Å². The van der Waals surface area contributed by atoms with Crippen LogP contribution < -0.4 is 0 Å². The summed E-state index contributed by atoms with van der Waals surface area (Å²) in [5.74, 6) is -0.375. The van der Waals surface area contributed by atoms with Crippen molar-refractivity contribution in [3.63, 3.8) is 0 Å². The summed E-state index contributed by atoms with van der Waals surface area (Å²) in [7, 11) is 0. The molecule has 0 spiro atoms. The van der Waals surface area contributed by atoms with Crippen LogP contribution in [0.25, 0.3) is 0 Å². The van der Waals surface area contributed by atoms with Crippen LogP contribution in [-0.4, -0.2) is 5.11 Å². The van der Waals surface area contributed by atoms with Gasteiger partial charge in [-0.15, -0.1) is 0 Å². The van der Waals surface area contributed by atoms with Crippen molar-refractivity contribution in [1.82, 2.24) is 0 Å². The number of aryl methyl sites for hydroxylation is 2. The minimum absolute atomic E-state index is 0.319. The van der Waals surface area contributed by atoms with Gasteiger partial charge in [-0.1, -0.05) is 42.0 Å². The fourth-order valence-corrected chi connectivity index (χ4v) is 2.00. The Hall–Kier alpha value is -1.67. The fraction of sp³-hybridized carbons (Fsp3) is 0.200. The molecule has 88 valence electrons. The van der Waals surface area contributed by atoms with Gasteiger partial charge in [0.15, 0.2) is 0 Å². The van der Waals surface area contributed by atoms with Crippen molar-refractivity contribution < 1.29 is 9.50 Å².